The number of fused-ring (bicyclic) bond motifs is 1. The van der Waals surface area contributed by atoms with E-state index in [1.165, 1.54) is 11.1 Å². The Hall–Kier alpha value is -1.96. The van der Waals surface area contributed by atoms with E-state index in [2.05, 4.69) is 24.3 Å². The predicted molar refractivity (Wildman–Crippen MR) is 71.3 cm³/mol. The number of hydrogen-bond donors (Lipinski definition) is 0. The van der Waals surface area contributed by atoms with Gasteiger partial charge in [0.15, 0.2) is 0 Å². The quantitative estimate of drug-likeness (QED) is 0.820. The van der Waals surface area contributed by atoms with Gasteiger partial charge < -0.3 is 9.47 Å². The molecule has 0 bridgehead atoms. The van der Waals surface area contributed by atoms with Gasteiger partial charge in [-0.05, 0) is 29.3 Å². The molecule has 0 aliphatic carbocycles. The highest BCUT2D eigenvalue weighted by Crippen LogP contribution is 2.29. The van der Waals surface area contributed by atoms with Gasteiger partial charge in [0.1, 0.15) is 17.6 Å². The lowest BCUT2D eigenvalue weighted by molar-refractivity contribution is 0.233. The van der Waals surface area contributed by atoms with Crippen LogP contribution >= 0.6 is 0 Å². The number of rotatable bonds is 3. The Balaban J connectivity index is 1.68. The predicted octanol–water partition coefficient (Wildman–Crippen LogP) is 3.24. The zero-order valence-corrected chi connectivity index (χ0v) is 10.4. The largest absolute Gasteiger partial charge is 0.497 e. The van der Waals surface area contributed by atoms with Crippen LogP contribution < -0.4 is 9.47 Å². The highest BCUT2D eigenvalue weighted by molar-refractivity contribution is 5.38. The minimum atomic E-state index is 0.260. The Morgan fingerprint density at radius 1 is 1.11 bits per heavy atom. The molecule has 1 aliphatic rings. The summed E-state index contributed by atoms with van der Waals surface area (Å²) in [5.74, 6) is 1.94. The van der Waals surface area contributed by atoms with Crippen LogP contribution in [-0.4, -0.2) is 13.2 Å². The Labute approximate surface area is 107 Å². The Morgan fingerprint density at radius 2 is 1.89 bits per heavy atom. The standard InChI is InChI=1S/C16H16O2/c1-17-14-8-6-12(7-9-14)10-15-11-13-4-2-3-5-16(13)18-15/h2-9,15H,10-11H2,1H3. The van der Waals surface area contributed by atoms with Gasteiger partial charge in [0, 0.05) is 12.8 Å². The van der Waals surface area contributed by atoms with Crippen LogP contribution in [0, 0.1) is 0 Å². The Bertz CT molecular complexity index is 506. The van der Waals surface area contributed by atoms with Crippen LogP contribution in [0.25, 0.3) is 0 Å². The summed E-state index contributed by atoms with van der Waals surface area (Å²) >= 11 is 0. The molecule has 92 valence electrons. The van der Waals surface area contributed by atoms with Crippen molar-refractivity contribution in [1.29, 1.82) is 0 Å². The first-order valence-corrected chi connectivity index (χ1v) is 6.22. The molecule has 1 unspecified atom stereocenters. The highest BCUT2D eigenvalue weighted by atomic mass is 16.5. The second-order valence-electron chi connectivity index (χ2n) is 4.60. The summed E-state index contributed by atoms with van der Waals surface area (Å²) in [7, 11) is 1.69. The molecule has 0 amide bonds. The normalized spacial score (nSPS) is 17.1. The first-order valence-electron chi connectivity index (χ1n) is 6.22. The van der Waals surface area contributed by atoms with Gasteiger partial charge in [-0.15, -0.1) is 0 Å². The molecule has 0 aromatic heterocycles. The topological polar surface area (TPSA) is 18.5 Å². The Kier molecular flexibility index (Phi) is 2.93. The van der Waals surface area contributed by atoms with Gasteiger partial charge in [-0.1, -0.05) is 30.3 Å². The molecule has 2 aromatic carbocycles. The summed E-state index contributed by atoms with van der Waals surface area (Å²) in [5.41, 5.74) is 2.60. The van der Waals surface area contributed by atoms with E-state index in [-0.39, 0.29) is 6.10 Å². The van der Waals surface area contributed by atoms with Crippen LogP contribution in [0.5, 0.6) is 11.5 Å². The summed E-state index contributed by atoms with van der Waals surface area (Å²) < 4.78 is 11.1. The van der Waals surface area contributed by atoms with Crippen molar-refractivity contribution in [3.8, 4) is 11.5 Å². The average Bonchev–Trinajstić information content (AvgIpc) is 2.82. The summed E-state index contributed by atoms with van der Waals surface area (Å²) in [5, 5.41) is 0. The van der Waals surface area contributed by atoms with Crippen LogP contribution in [0.15, 0.2) is 48.5 Å². The summed E-state index contributed by atoms with van der Waals surface area (Å²) in [4.78, 5) is 0. The zero-order chi connectivity index (χ0) is 12.4. The van der Waals surface area contributed by atoms with Gasteiger partial charge in [0.05, 0.1) is 7.11 Å². The SMILES string of the molecule is COc1ccc(CC2Cc3ccccc3O2)cc1. The molecule has 2 heteroatoms. The van der Waals surface area contributed by atoms with Crippen LogP contribution in [-0.2, 0) is 12.8 Å². The third-order valence-corrected chi connectivity index (χ3v) is 3.34. The molecule has 0 N–H and O–H groups in total. The van der Waals surface area contributed by atoms with E-state index >= 15 is 0 Å². The van der Waals surface area contributed by atoms with Crippen molar-refractivity contribution in [2.45, 2.75) is 18.9 Å². The molecule has 0 saturated carbocycles. The lowest BCUT2D eigenvalue weighted by Crippen LogP contribution is -2.16. The van der Waals surface area contributed by atoms with Gasteiger partial charge in [-0.2, -0.15) is 0 Å². The first kappa shape index (κ1) is 11.1. The zero-order valence-electron chi connectivity index (χ0n) is 10.4. The van der Waals surface area contributed by atoms with E-state index in [9.17, 15) is 0 Å². The molecule has 1 atom stereocenters. The molecule has 2 aromatic rings. The van der Waals surface area contributed by atoms with Crippen molar-refractivity contribution in [3.63, 3.8) is 0 Å². The Morgan fingerprint density at radius 3 is 2.61 bits per heavy atom. The van der Waals surface area contributed by atoms with Gasteiger partial charge in [0.25, 0.3) is 0 Å². The van der Waals surface area contributed by atoms with Crippen LogP contribution in [0.4, 0.5) is 0 Å². The third kappa shape index (κ3) is 2.19. The maximum absolute atomic E-state index is 5.94. The molecule has 1 heterocycles. The van der Waals surface area contributed by atoms with Crippen molar-refractivity contribution in [2.75, 3.05) is 7.11 Å². The molecular formula is C16H16O2. The minimum Gasteiger partial charge on any atom is -0.497 e. The molecule has 0 saturated heterocycles. The molecule has 0 fully saturated rings. The van der Waals surface area contributed by atoms with Crippen molar-refractivity contribution >= 4 is 0 Å². The first-order chi connectivity index (χ1) is 8.85. The lowest BCUT2D eigenvalue weighted by Gasteiger charge is -2.11. The summed E-state index contributed by atoms with van der Waals surface area (Å²) in [6, 6.07) is 16.5. The van der Waals surface area contributed by atoms with Crippen molar-refractivity contribution in [3.05, 3.63) is 59.7 Å². The summed E-state index contributed by atoms with van der Waals surface area (Å²) in [6.07, 6.45) is 2.21. The average molecular weight is 240 g/mol. The maximum atomic E-state index is 5.94. The molecule has 0 spiro atoms. The van der Waals surface area contributed by atoms with E-state index in [1.807, 2.05) is 24.3 Å². The minimum absolute atomic E-state index is 0.260. The van der Waals surface area contributed by atoms with Crippen LogP contribution in [0.3, 0.4) is 0 Å². The maximum Gasteiger partial charge on any atom is 0.123 e. The molecule has 2 nitrogen and oxygen atoms in total. The number of methoxy groups -OCH3 is 1. The number of ether oxygens (including phenoxy) is 2. The van der Waals surface area contributed by atoms with E-state index in [4.69, 9.17) is 9.47 Å². The van der Waals surface area contributed by atoms with E-state index < -0.39 is 0 Å². The second kappa shape index (κ2) is 4.73. The van der Waals surface area contributed by atoms with Crippen LogP contribution in [0.1, 0.15) is 11.1 Å². The van der Waals surface area contributed by atoms with Gasteiger partial charge >= 0.3 is 0 Å². The van der Waals surface area contributed by atoms with Crippen molar-refractivity contribution in [2.24, 2.45) is 0 Å². The van der Waals surface area contributed by atoms with E-state index in [0.717, 1.165) is 24.3 Å². The highest BCUT2D eigenvalue weighted by Gasteiger charge is 2.22. The monoisotopic (exact) mass is 240 g/mol. The smallest absolute Gasteiger partial charge is 0.123 e. The van der Waals surface area contributed by atoms with Crippen molar-refractivity contribution in [1.82, 2.24) is 0 Å². The van der Waals surface area contributed by atoms with E-state index in [0.29, 0.717) is 0 Å². The fourth-order valence-corrected chi connectivity index (χ4v) is 2.39. The lowest BCUT2D eigenvalue weighted by atomic mass is 10.0. The second-order valence-corrected chi connectivity index (χ2v) is 4.60. The molecular weight excluding hydrogens is 224 g/mol. The number of para-hydroxylation sites is 1. The third-order valence-electron chi connectivity index (χ3n) is 3.34. The molecule has 0 radical (unpaired) electrons. The number of hydrogen-bond acceptors (Lipinski definition) is 2. The summed E-state index contributed by atoms with van der Waals surface area (Å²) in [6.45, 7) is 0. The van der Waals surface area contributed by atoms with Gasteiger partial charge in [-0.25, -0.2) is 0 Å². The van der Waals surface area contributed by atoms with Crippen LogP contribution in [0.2, 0.25) is 0 Å². The van der Waals surface area contributed by atoms with Gasteiger partial charge in [-0.3, -0.25) is 0 Å². The molecule has 1 aliphatic heterocycles. The van der Waals surface area contributed by atoms with Crippen molar-refractivity contribution < 1.29 is 9.47 Å². The fraction of sp³-hybridized carbons (Fsp3) is 0.250. The van der Waals surface area contributed by atoms with E-state index in [1.54, 1.807) is 7.11 Å². The fourth-order valence-electron chi connectivity index (χ4n) is 2.39. The molecule has 18 heavy (non-hydrogen) atoms. The molecule has 3 rings (SSSR count). The number of benzene rings is 2. The van der Waals surface area contributed by atoms with Gasteiger partial charge in [0.2, 0.25) is 0 Å².